The minimum Gasteiger partial charge on any atom is -0.352 e. The van der Waals surface area contributed by atoms with Gasteiger partial charge >= 0.3 is 0 Å². The smallest absolute Gasteiger partial charge is 0.230 e. The second kappa shape index (κ2) is 6.61. The summed E-state index contributed by atoms with van der Waals surface area (Å²) in [6.45, 7) is 6.10. The Morgan fingerprint density at radius 3 is 2.95 bits per heavy atom. The Bertz CT molecular complexity index is 639. The summed E-state index contributed by atoms with van der Waals surface area (Å²) in [7, 11) is -2.98. The summed E-state index contributed by atoms with van der Waals surface area (Å²) in [6.07, 6.45) is 2.23. The van der Waals surface area contributed by atoms with Gasteiger partial charge in [0.2, 0.25) is 5.91 Å². The second-order valence-electron chi connectivity index (χ2n) is 4.89. The first-order chi connectivity index (χ1) is 9.91. The summed E-state index contributed by atoms with van der Waals surface area (Å²) in [5.74, 6) is 0.950. The molecule has 9 heteroatoms. The largest absolute Gasteiger partial charge is 0.352 e. The van der Waals surface area contributed by atoms with Gasteiger partial charge in [-0.25, -0.2) is 8.42 Å². The third-order valence-corrected chi connectivity index (χ3v) is 5.88. The van der Waals surface area contributed by atoms with Gasteiger partial charge in [-0.05, 0) is 13.3 Å². The average Bonchev–Trinajstić information content (AvgIpc) is 2.92. The maximum Gasteiger partial charge on any atom is 0.230 e. The molecule has 1 N–H and O–H groups in total. The highest BCUT2D eigenvalue weighted by molar-refractivity contribution is 7.99. The van der Waals surface area contributed by atoms with Crippen molar-refractivity contribution in [3.8, 4) is 0 Å². The zero-order valence-electron chi connectivity index (χ0n) is 11.8. The summed E-state index contributed by atoms with van der Waals surface area (Å²) >= 11 is 1.28. The van der Waals surface area contributed by atoms with Crippen molar-refractivity contribution in [3.05, 3.63) is 18.5 Å². The summed E-state index contributed by atoms with van der Waals surface area (Å²) in [4.78, 5) is 11.9. The Kier molecular flexibility index (Phi) is 5.04. The topological polar surface area (TPSA) is 93.9 Å². The van der Waals surface area contributed by atoms with Crippen LogP contribution in [0.25, 0.3) is 0 Å². The van der Waals surface area contributed by atoms with Crippen molar-refractivity contribution in [2.24, 2.45) is 0 Å². The molecule has 1 saturated heterocycles. The molecule has 1 aliphatic rings. The fourth-order valence-electron chi connectivity index (χ4n) is 2.12. The molecule has 1 aromatic heterocycles. The number of aromatic nitrogens is 3. The van der Waals surface area contributed by atoms with Crippen LogP contribution in [0.5, 0.6) is 0 Å². The van der Waals surface area contributed by atoms with Gasteiger partial charge in [0.1, 0.15) is 5.82 Å². The number of allylic oxidation sites excluding steroid dienone is 1. The first-order valence-corrected chi connectivity index (χ1v) is 9.35. The van der Waals surface area contributed by atoms with Crippen molar-refractivity contribution in [2.45, 2.75) is 31.1 Å². The molecule has 116 valence electrons. The standard InChI is InChI=1S/C12H18N4O3S2/c1-3-5-16-9(2)14-15-12(16)20-7-11(17)13-10-4-6-21(18,19)8-10/h3,10H,1,4-8H2,2H3,(H,13,17)/t10-/m0/s1. The molecule has 0 unspecified atom stereocenters. The number of hydrogen-bond acceptors (Lipinski definition) is 6. The third-order valence-electron chi connectivity index (χ3n) is 3.14. The second-order valence-corrected chi connectivity index (χ2v) is 8.06. The molecule has 0 saturated carbocycles. The summed E-state index contributed by atoms with van der Waals surface area (Å²) in [5, 5.41) is 11.4. The molecule has 1 atom stereocenters. The van der Waals surface area contributed by atoms with E-state index in [1.54, 1.807) is 6.08 Å². The van der Waals surface area contributed by atoms with Gasteiger partial charge < -0.3 is 9.88 Å². The van der Waals surface area contributed by atoms with Crippen LogP contribution in [0, 0.1) is 6.92 Å². The molecular weight excluding hydrogens is 312 g/mol. The molecule has 0 spiro atoms. The zero-order valence-corrected chi connectivity index (χ0v) is 13.4. The van der Waals surface area contributed by atoms with Gasteiger partial charge in [0.25, 0.3) is 0 Å². The van der Waals surface area contributed by atoms with Crippen LogP contribution in [0.2, 0.25) is 0 Å². The van der Waals surface area contributed by atoms with Gasteiger partial charge in [-0.15, -0.1) is 16.8 Å². The molecule has 1 fully saturated rings. The van der Waals surface area contributed by atoms with E-state index in [4.69, 9.17) is 0 Å². The van der Waals surface area contributed by atoms with E-state index in [0.29, 0.717) is 18.1 Å². The molecule has 21 heavy (non-hydrogen) atoms. The molecule has 1 aliphatic heterocycles. The Morgan fingerprint density at radius 2 is 2.33 bits per heavy atom. The first-order valence-electron chi connectivity index (χ1n) is 6.54. The van der Waals surface area contributed by atoms with Crippen LogP contribution in [0.15, 0.2) is 17.8 Å². The van der Waals surface area contributed by atoms with Gasteiger partial charge in [0.15, 0.2) is 15.0 Å². The van der Waals surface area contributed by atoms with Crippen LogP contribution < -0.4 is 5.32 Å². The lowest BCUT2D eigenvalue weighted by Crippen LogP contribution is -2.36. The highest BCUT2D eigenvalue weighted by atomic mass is 32.2. The SMILES string of the molecule is C=CCn1c(C)nnc1SCC(=O)N[C@H]1CCS(=O)(=O)C1. The van der Waals surface area contributed by atoms with E-state index in [1.165, 1.54) is 11.8 Å². The summed E-state index contributed by atoms with van der Waals surface area (Å²) in [6, 6.07) is -0.268. The van der Waals surface area contributed by atoms with E-state index >= 15 is 0 Å². The summed E-state index contributed by atoms with van der Waals surface area (Å²) in [5.41, 5.74) is 0. The van der Waals surface area contributed by atoms with E-state index in [9.17, 15) is 13.2 Å². The number of thioether (sulfide) groups is 1. The number of nitrogens with zero attached hydrogens (tertiary/aromatic N) is 3. The van der Waals surface area contributed by atoms with Crippen LogP contribution in [-0.4, -0.2) is 52.4 Å². The zero-order chi connectivity index (χ0) is 15.5. The molecule has 2 heterocycles. The maximum atomic E-state index is 11.9. The van der Waals surface area contributed by atoms with Crippen LogP contribution in [0.4, 0.5) is 0 Å². The number of amides is 1. The van der Waals surface area contributed by atoms with Crippen molar-refractivity contribution in [1.82, 2.24) is 20.1 Å². The number of aryl methyl sites for hydroxylation is 1. The van der Waals surface area contributed by atoms with Crippen LogP contribution >= 0.6 is 11.8 Å². The lowest BCUT2D eigenvalue weighted by Gasteiger charge is -2.10. The molecular formula is C12H18N4O3S2. The number of carbonyl (C=O) groups is 1. The Labute approximate surface area is 128 Å². The Morgan fingerprint density at radius 1 is 1.57 bits per heavy atom. The van der Waals surface area contributed by atoms with E-state index in [2.05, 4.69) is 22.1 Å². The van der Waals surface area contributed by atoms with Gasteiger partial charge in [0.05, 0.1) is 17.3 Å². The van der Waals surface area contributed by atoms with Gasteiger partial charge in [0, 0.05) is 12.6 Å². The molecule has 0 aliphatic carbocycles. The van der Waals surface area contributed by atoms with Crippen molar-refractivity contribution in [1.29, 1.82) is 0 Å². The molecule has 2 rings (SSSR count). The number of carbonyl (C=O) groups excluding carboxylic acids is 1. The lowest BCUT2D eigenvalue weighted by molar-refractivity contribution is -0.119. The fraction of sp³-hybridized carbons (Fsp3) is 0.583. The normalized spacial score (nSPS) is 20.3. The molecule has 1 aromatic rings. The summed E-state index contributed by atoms with van der Waals surface area (Å²) < 4.78 is 24.5. The number of nitrogens with one attached hydrogen (secondary N) is 1. The van der Waals surface area contributed by atoms with E-state index in [1.807, 2.05) is 11.5 Å². The quantitative estimate of drug-likeness (QED) is 0.590. The van der Waals surface area contributed by atoms with E-state index in [-0.39, 0.29) is 29.2 Å². The number of hydrogen-bond donors (Lipinski definition) is 1. The van der Waals surface area contributed by atoms with Crippen LogP contribution in [-0.2, 0) is 21.2 Å². The molecule has 0 radical (unpaired) electrons. The molecule has 0 bridgehead atoms. The van der Waals surface area contributed by atoms with Gasteiger partial charge in [-0.3, -0.25) is 4.79 Å². The van der Waals surface area contributed by atoms with Crippen LogP contribution in [0.1, 0.15) is 12.2 Å². The van der Waals surface area contributed by atoms with Crippen molar-refractivity contribution < 1.29 is 13.2 Å². The Balaban J connectivity index is 1.86. The monoisotopic (exact) mass is 330 g/mol. The minimum atomic E-state index is -2.98. The van der Waals surface area contributed by atoms with Crippen molar-refractivity contribution in [3.63, 3.8) is 0 Å². The highest BCUT2D eigenvalue weighted by Crippen LogP contribution is 2.17. The minimum absolute atomic E-state index is 0.0369. The van der Waals surface area contributed by atoms with Gasteiger partial charge in [-0.2, -0.15) is 0 Å². The maximum absolute atomic E-state index is 11.9. The lowest BCUT2D eigenvalue weighted by atomic mass is 10.3. The van der Waals surface area contributed by atoms with Crippen molar-refractivity contribution in [2.75, 3.05) is 17.3 Å². The van der Waals surface area contributed by atoms with Crippen molar-refractivity contribution >= 4 is 27.5 Å². The highest BCUT2D eigenvalue weighted by Gasteiger charge is 2.28. The predicted octanol–water partition coefficient (Wildman–Crippen LogP) is 0.168. The molecule has 0 aromatic carbocycles. The predicted molar refractivity (Wildman–Crippen MR) is 80.9 cm³/mol. The Hall–Kier alpha value is -1.35. The average molecular weight is 330 g/mol. The van der Waals surface area contributed by atoms with Gasteiger partial charge in [-0.1, -0.05) is 17.8 Å². The van der Waals surface area contributed by atoms with Crippen LogP contribution in [0.3, 0.4) is 0 Å². The molecule has 1 amide bonds. The molecule has 7 nitrogen and oxygen atoms in total. The first kappa shape index (κ1) is 16.0. The number of rotatable bonds is 6. The fourth-order valence-corrected chi connectivity index (χ4v) is 4.59. The van der Waals surface area contributed by atoms with E-state index in [0.717, 1.165) is 5.82 Å². The number of sulfone groups is 1. The van der Waals surface area contributed by atoms with E-state index < -0.39 is 9.84 Å². The third kappa shape index (κ3) is 4.31.